The first-order valence-electron chi connectivity index (χ1n) is 8.11. The first-order chi connectivity index (χ1) is 12.2. The highest BCUT2D eigenvalue weighted by molar-refractivity contribution is 5.92. The van der Waals surface area contributed by atoms with E-state index in [4.69, 9.17) is 0 Å². The number of nitrogens with one attached hydrogen (secondary N) is 1. The quantitative estimate of drug-likeness (QED) is 0.680. The third-order valence-electron chi connectivity index (χ3n) is 3.86. The molecule has 3 rings (SSSR count). The van der Waals surface area contributed by atoms with Gasteiger partial charge in [-0.25, -0.2) is 0 Å². The van der Waals surface area contributed by atoms with Crippen molar-refractivity contribution in [2.75, 3.05) is 32.7 Å². The number of H-pyrrole nitrogens is 1. The molecular formula is C15H20N8O2. The summed E-state index contributed by atoms with van der Waals surface area (Å²) < 4.78 is 1.36. The Hall–Kier alpha value is -2.77. The molecule has 0 bridgehead atoms. The highest BCUT2D eigenvalue weighted by Crippen LogP contribution is 2.10. The van der Waals surface area contributed by atoms with Gasteiger partial charge in [-0.1, -0.05) is 12.8 Å². The summed E-state index contributed by atoms with van der Waals surface area (Å²) in [6.07, 6.45) is 1.59. The lowest BCUT2D eigenvalue weighted by molar-refractivity contribution is 0.0660. The van der Waals surface area contributed by atoms with Crippen molar-refractivity contribution in [3.05, 3.63) is 18.1 Å². The Balaban J connectivity index is 1.66. The van der Waals surface area contributed by atoms with Crippen LogP contribution in [0.25, 0.3) is 5.82 Å². The molecule has 0 radical (unpaired) electrons. The minimum atomic E-state index is -0.614. The van der Waals surface area contributed by atoms with Crippen molar-refractivity contribution in [1.29, 1.82) is 0 Å². The third kappa shape index (κ3) is 4.20. The van der Waals surface area contributed by atoms with Crippen molar-refractivity contribution in [3.63, 3.8) is 0 Å². The number of hydrogen-bond donors (Lipinski definition) is 2. The normalized spacial score (nSPS) is 18.5. The van der Waals surface area contributed by atoms with Crippen molar-refractivity contribution >= 4 is 5.91 Å². The van der Waals surface area contributed by atoms with Gasteiger partial charge < -0.3 is 10.0 Å². The second-order valence-electron chi connectivity index (χ2n) is 5.74. The Labute approximate surface area is 144 Å². The van der Waals surface area contributed by atoms with E-state index in [1.165, 1.54) is 11.0 Å². The zero-order valence-corrected chi connectivity index (χ0v) is 14.0. The lowest BCUT2D eigenvalue weighted by Gasteiger charge is -2.20. The van der Waals surface area contributed by atoms with E-state index in [0.29, 0.717) is 37.7 Å². The maximum absolute atomic E-state index is 12.7. The Morgan fingerprint density at radius 1 is 1.40 bits per heavy atom. The van der Waals surface area contributed by atoms with Crippen LogP contribution in [0.3, 0.4) is 0 Å². The molecule has 1 atom stereocenters. The van der Waals surface area contributed by atoms with Crippen LogP contribution in [0, 0.1) is 11.8 Å². The molecule has 10 heteroatoms. The van der Waals surface area contributed by atoms with E-state index >= 15 is 0 Å². The summed E-state index contributed by atoms with van der Waals surface area (Å²) >= 11 is 0. The molecule has 0 aliphatic carbocycles. The van der Waals surface area contributed by atoms with E-state index in [0.717, 1.165) is 6.42 Å². The Morgan fingerprint density at radius 3 is 3.04 bits per heavy atom. The lowest BCUT2D eigenvalue weighted by Crippen LogP contribution is -2.37. The fourth-order valence-electron chi connectivity index (χ4n) is 2.65. The summed E-state index contributed by atoms with van der Waals surface area (Å²) in [5, 5.41) is 27.7. The maximum atomic E-state index is 12.7. The molecule has 132 valence electrons. The zero-order chi connectivity index (χ0) is 17.6. The van der Waals surface area contributed by atoms with Gasteiger partial charge in [-0.05, 0) is 10.4 Å². The van der Waals surface area contributed by atoms with Gasteiger partial charge in [-0.15, -0.1) is 11.0 Å². The van der Waals surface area contributed by atoms with E-state index in [2.05, 4.69) is 42.5 Å². The number of hydrogen-bond acceptors (Lipinski definition) is 7. The van der Waals surface area contributed by atoms with E-state index in [-0.39, 0.29) is 12.5 Å². The summed E-state index contributed by atoms with van der Waals surface area (Å²) in [5.41, 5.74) is 0.330. The average Bonchev–Trinajstić information content (AvgIpc) is 3.25. The zero-order valence-electron chi connectivity index (χ0n) is 14.0. The molecular weight excluding hydrogens is 324 g/mol. The van der Waals surface area contributed by atoms with Crippen LogP contribution in [0.4, 0.5) is 0 Å². The average molecular weight is 344 g/mol. The first kappa shape index (κ1) is 17.1. The SMILES string of the molecule is CCC#CCN1CCN(C(=O)c2cc(-n3cnnn3)n[nH]2)CC(O)C1. The number of carbonyl (C=O) groups excluding carboxylic acids is 1. The minimum absolute atomic E-state index is 0.215. The first-order valence-corrected chi connectivity index (χ1v) is 8.11. The molecule has 0 spiro atoms. The summed E-state index contributed by atoms with van der Waals surface area (Å²) in [6.45, 7) is 4.55. The second-order valence-corrected chi connectivity index (χ2v) is 5.74. The number of rotatable bonds is 3. The van der Waals surface area contributed by atoms with Gasteiger partial charge in [0.15, 0.2) is 5.82 Å². The van der Waals surface area contributed by atoms with E-state index in [9.17, 15) is 9.90 Å². The maximum Gasteiger partial charge on any atom is 0.272 e. The highest BCUT2D eigenvalue weighted by Gasteiger charge is 2.26. The molecule has 1 unspecified atom stereocenters. The molecule has 1 aliphatic rings. The van der Waals surface area contributed by atoms with Crippen LogP contribution in [0.5, 0.6) is 0 Å². The predicted octanol–water partition coefficient (Wildman–Crippen LogP) is -1.08. The molecule has 10 nitrogen and oxygen atoms in total. The fourth-order valence-corrected chi connectivity index (χ4v) is 2.65. The number of β-amino-alcohol motifs (C(OH)–C–C–N with tert-alkyl or cyclic N) is 1. The fraction of sp³-hybridized carbons (Fsp3) is 0.533. The number of amides is 1. The van der Waals surface area contributed by atoms with Crippen LogP contribution in [-0.2, 0) is 0 Å². The van der Waals surface area contributed by atoms with Crippen LogP contribution < -0.4 is 0 Å². The van der Waals surface area contributed by atoms with Crippen molar-refractivity contribution in [1.82, 2.24) is 40.2 Å². The Kier molecular flexibility index (Phi) is 5.37. The molecule has 2 N–H and O–H groups in total. The van der Waals surface area contributed by atoms with E-state index < -0.39 is 6.10 Å². The molecule has 2 aromatic rings. The predicted molar refractivity (Wildman–Crippen MR) is 87.7 cm³/mol. The molecule has 0 saturated carbocycles. The summed E-state index contributed by atoms with van der Waals surface area (Å²) in [6, 6.07) is 1.58. The van der Waals surface area contributed by atoms with E-state index in [1.807, 2.05) is 6.92 Å². The van der Waals surface area contributed by atoms with Gasteiger partial charge >= 0.3 is 0 Å². The number of carbonyl (C=O) groups is 1. The van der Waals surface area contributed by atoms with Crippen molar-refractivity contribution in [2.45, 2.75) is 19.4 Å². The van der Waals surface area contributed by atoms with Crippen LogP contribution >= 0.6 is 0 Å². The van der Waals surface area contributed by atoms with Gasteiger partial charge in [0.1, 0.15) is 12.0 Å². The molecule has 25 heavy (non-hydrogen) atoms. The monoisotopic (exact) mass is 344 g/mol. The molecule has 1 saturated heterocycles. The molecule has 3 heterocycles. The van der Waals surface area contributed by atoms with Gasteiger partial charge in [0.2, 0.25) is 0 Å². The number of aliphatic hydroxyl groups excluding tert-OH is 1. The summed E-state index contributed by atoms with van der Waals surface area (Å²) in [5.74, 6) is 6.31. The van der Waals surface area contributed by atoms with Crippen LogP contribution in [-0.4, -0.2) is 90.0 Å². The Bertz CT molecular complexity index is 760. The molecule has 1 fully saturated rings. The van der Waals surface area contributed by atoms with E-state index in [1.54, 1.807) is 11.0 Å². The topological polar surface area (TPSA) is 116 Å². The Morgan fingerprint density at radius 2 is 2.28 bits per heavy atom. The highest BCUT2D eigenvalue weighted by atomic mass is 16.3. The summed E-state index contributed by atoms with van der Waals surface area (Å²) in [7, 11) is 0. The number of aromatic nitrogens is 6. The van der Waals surface area contributed by atoms with Crippen molar-refractivity contribution in [2.24, 2.45) is 0 Å². The molecule has 2 aromatic heterocycles. The summed E-state index contributed by atoms with van der Waals surface area (Å²) in [4.78, 5) is 16.4. The molecule has 1 aliphatic heterocycles. The third-order valence-corrected chi connectivity index (χ3v) is 3.86. The smallest absolute Gasteiger partial charge is 0.272 e. The number of tetrazole rings is 1. The molecule has 0 aromatic carbocycles. The van der Waals surface area contributed by atoms with Crippen molar-refractivity contribution in [3.8, 4) is 17.7 Å². The van der Waals surface area contributed by atoms with Gasteiger partial charge in [0.25, 0.3) is 5.91 Å². The van der Waals surface area contributed by atoms with Gasteiger partial charge in [0, 0.05) is 38.7 Å². The second kappa shape index (κ2) is 7.87. The number of aliphatic hydroxyl groups is 1. The van der Waals surface area contributed by atoms with Crippen molar-refractivity contribution < 1.29 is 9.90 Å². The van der Waals surface area contributed by atoms with Gasteiger partial charge in [-0.2, -0.15) is 9.78 Å². The number of aromatic amines is 1. The van der Waals surface area contributed by atoms with Crippen LogP contribution in [0.15, 0.2) is 12.4 Å². The number of nitrogens with zero attached hydrogens (tertiary/aromatic N) is 7. The van der Waals surface area contributed by atoms with Gasteiger partial charge in [-0.3, -0.25) is 14.8 Å². The molecule has 1 amide bonds. The van der Waals surface area contributed by atoms with Crippen LogP contribution in [0.2, 0.25) is 0 Å². The minimum Gasteiger partial charge on any atom is -0.390 e. The lowest BCUT2D eigenvalue weighted by atomic mass is 10.3. The standard InChI is InChI=1S/C15H20N8O2/c1-2-3-4-5-21-6-7-22(10-12(24)9-21)15(25)13-8-14(18-17-13)23-11-16-19-20-23/h8,11-12,24H,2,5-7,9-10H2,1H3,(H,17,18). The van der Waals surface area contributed by atoms with Gasteiger partial charge in [0.05, 0.1) is 12.6 Å². The largest absolute Gasteiger partial charge is 0.390 e. The van der Waals surface area contributed by atoms with Crippen LogP contribution in [0.1, 0.15) is 23.8 Å².